The SMILES string of the molecule is CCCOC(C(=O)NCc1ccc(C(=N)N)cc1)c1ccc(Br)cc1F.Cl. The molecule has 0 saturated carbocycles. The lowest BCUT2D eigenvalue weighted by Gasteiger charge is -2.18. The van der Waals surface area contributed by atoms with Crippen molar-refractivity contribution in [2.45, 2.75) is 26.0 Å². The van der Waals surface area contributed by atoms with E-state index in [-0.39, 0.29) is 30.4 Å². The number of amidine groups is 1. The van der Waals surface area contributed by atoms with Gasteiger partial charge in [-0.2, -0.15) is 0 Å². The molecule has 0 fully saturated rings. The topological polar surface area (TPSA) is 88.2 Å². The molecule has 1 atom stereocenters. The van der Waals surface area contributed by atoms with E-state index in [1.165, 1.54) is 6.07 Å². The van der Waals surface area contributed by atoms with Gasteiger partial charge in [-0.1, -0.05) is 53.2 Å². The van der Waals surface area contributed by atoms with Gasteiger partial charge in [0.2, 0.25) is 0 Å². The van der Waals surface area contributed by atoms with E-state index in [0.29, 0.717) is 23.1 Å². The summed E-state index contributed by atoms with van der Waals surface area (Å²) in [6.07, 6.45) is -0.298. The molecule has 1 unspecified atom stereocenters. The summed E-state index contributed by atoms with van der Waals surface area (Å²) in [5.41, 5.74) is 7.07. The average Bonchev–Trinajstić information content (AvgIpc) is 2.62. The van der Waals surface area contributed by atoms with Crippen molar-refractivity contribution in [1.82, 2.24) is 5.32 Å². The molecule has 0 aliphatic heterocycles. The van der Waals surface area contributed by atoms with E-state index in [0.717, 1.165) is 5.56 Å². The second-order valence-electron chi connectivity index (χ2n) is 5.75. The van der Waals surface area contributed by atoms with Gasteiger partial charge in [-0.25, -0.2) is 4.39 Å². The first kappa shape index (κ1) is 23.1. The van der Waals surface area contributed by atoms with Crippen LogP contribution in [0.3, 0.4) is 0 Å². The van der Waals surface area contributed by atoms with Crippen molar-refractivity contribution in [3.05, 3.63) is 69.4 Å². The molecule has 0 spiro atoms. The molecule has 0 aliphatic rings. The fraction of sp³-hybridized carbons (Fsp3) is 0.263. The maximum atomic E-state index is 14.2. The quantitative estimate of drug-likeness (QED) is 0.411. The van der Waals surface area contributed by atoms with E-state index < -0.39 is 17.8 Å². The maximum absolute atomic E-state index is 14.2. The number of benzene rings is 2. The van der Waals surface area contributed by atoms with Crippen LogP contribution in [0.25, 0.3) is 0 Å². The van der Waals surface area contributed by atoms with Crippen LogP contribution in [0.1, 0.15) is 36.1 Å². The van der Waals surface area contributed by atoms with Crippen molar-refractivity contribution in [3.8, 4) is 0 Å². The minimum absolute atomic E-state index is 0. The van der Waals surface area contributed by atoms with Gasteiger partial charge in [0.25, 0.3) is 5.91 Å². The summed E-state index contributed by atoms with van der Waals surface area (Å²) in [7, 11) is 0. The zero-order valence-electron chi connectivity index (χ0n) is 14.8. The zero-order chi connectivity index (χ0) is 19.1. The number of nitrogen functional groups attached to an aromatic ring is 1. The first-order chi connectivity index (χ1) is 12.4. The molecule has 4 N–H and O–H groups in total. The summed E-state index contributed by atoms with van der Waals surface area (Å²) in [5.74, 6) is -0.920. The lowest BCUT2D eigenvalue weighted by atomic mass is 10.1. The lowest BCUT2D eigenvalue weighted by molar-refractivity contribution is -0.133. The third kappa shape index (κ3) is 6.61. The minimum Gasteiger partial charge on any atom is -0.384 e. The monoisotopic (exact) mass is 457 g/mol. The van der Waals surface area contributed by atoms with E-state index in [1.807, 2.05) is 6.92 Å². The van der Waals surface area contributed by atoms with Gasteiger partial charge in [0, 0.05) is 28.8 Å². The number of carbonyl (C=O) groups excluding carboxylic acids is 1. The van der Waals surface area contributed by atoms with Crippen molar-refractivity contribution < 1.29 is 13.9 Å². The molecule has 0 aromatic heterocycles. The van der Waals surface area contributed by atoms with Gasteiger partial charge in [-0.05, 0) is 24.1 Å². The number of nitrogens with one attached hydrogen (secondary N) is 2. The number of amides is 1. The molecule has 27 heavy (non-hydrogen) atoms. The highest BCUT2D eigenvalue weighted by atomic mass is 79.9. The molecule has 2 aromatic rings. The summed E-state index contributed by atoms with van der Waals surface area (Å²) in [6, 6.07) is 11.5. The van der Waals surface area contributed by atoms with E-state index in [4.69, 9.17) is 15.9 Å². The molecular weight excluding hydrogens is 437 g/mol. The molecule has 2 rings (SSSR count). The third-order valence-electron chi connectivity index (χ3n) is 3.70. The van der Waals surface area contributed by atoms with E-state index in [2.05, 4.69) is 21.2 Å². The van der Waals surface area contributed by atoms with Gasteiger partial charge in [-0.3, -0.25) is 10.2 Å². The highest BCUT2D eigenvalue weighted by molar-refractivity contribution is 9.10. The Balaban J connectivity index is 0.00000364. The van der Waals surface area contributed by atoms with Crippen LogP contribution in [0.15, 0.2) is 46.9 Å². The van der Waals surface area contributed by atoms with Crippen LogP contribution in [-0.2, 0) is 16.1 Å². The first-order valence-corrected chi connectivity index (χ1v) is 8.99. The fourth-order valence-electron chi connectivity index (χ4n) is 2.34. The van der Waals surface area contributed by atoms with Gasteiger partial charge < -0.3 is 15.8 Å². The van der Waals surface area contributed by atoms with Crippen LogP contribution in [0.5, 0.6) is 0 Å². The predicted molar refractivity (Wildman–Crippen MR) is 110 cm³/mol. The van der Waals surface area contributed by atoms with Crippen LogP contribution < -0.4 is 11.1 Å². The van der Waals surface area contributed by atoms with Crippen molar-refractivity contribution in [3.63, 3.8) is 0 Å². The molecule has 2 aromatic carbocycles. The zero-order valence-corrected chi connectivity index (χ0v) is 17.2. The Labute approximate surface area is 172 Å². The maximum Gasteiger partial charge on any atom is 0.254 e. The summed E-state index contributed by atoms with van der Waals surface area (Å²) < 4.78 is 20.4. The van der Waals surface area contributed by atoms with Crippen LogP contribution in [0, 0.1) is 11.2 Å². The summed E-state index contributed by atoms with van der Waals surface area (Å²) in [6.45, 7) is 2.53. The molecule has 0 heterocycles. The van der Waals surface area contributed by atoms with Crippen LogP contribution in [-0.4, -0.2) is 18.3 Å². The Morgan fingerprint density at radius 2 is 1.96 bits per heavy atom. The number of rotatable bonds is 8. The van der Waals surface area contributed by atoms with Crippen molar-refractivity contribution in [2.24, 2.45) is 5.73 Å². The second kappa shape index (κ2) is 11.0. The van der Waals surface area contributed by atoms with Crippen LogP contribution in [0.4, 0.5) is 4.39 Å². The molecule has 5 nitrogen and oxygen atoms in total. The highest BCUT2D eigenvalue weighted by Gasteiger charge is 2.24. The van der Waals surface area contributed by atoms with Crippen LogP contribution >= 0.6 is 28.3 Å². The molecule has 0 radical (unpaired) electrons. The average molecular weight is 459 g/mol. The Kier molecular flexibility index (Phi) is 9.41. The van der Waals surface area contributed by atoms with Gasteiger partial charge in [0.15, 0.2) is 6.10 Å². The Bertz CT molecular complexity index is 787. The standard InChI is InChI=1S/C19H21BrFN3O2.ClH/c1-2-9-26-17(15-8-7-14(20)10-16(15)21)19(25)24-11-12-3-5-13(6-4-12)18(22)23;/h3-8,10,17H,2,9,11H2,1H3,(H3,22,23)(H,24,25);1H. The van der Waals surface area contributed by atoms with Gasteiger partial charge >= 0.3 is 0 Å². The molecule has 0 saturated heterocycles. The number of hydrogen-bond donors (Lipinski definition) is 3. The van der Waals surface area contributed by atoms with Crippen molar-refractivity contribution in [1.29, 1.82) is 5.41 Å². The van der Waals surface area contributed by atoms with Gasteiger partial charge in [-0.15, -0.1) is 12.4 Å². The third-order valence-corrected chi connectivity index (χ3v) is 4.20. The van der Waals surface area contributed by atoms with Crippen molar-refractivity contribution in [2.75, 3.05) is 6.61 Å². The fourth-order valence-corrected chi connectivity index (χ4v) is 2.67. The Morgan fingerprint density at radius 3 is 2.52 bits per heavy atom. The predicted octanol–water partition coefficient (Wildman–Crippen LogP) is 4.08. The van der Waals surface area contributed by atoms with Crippen molar-refractivity contribution >= 4 is 40.1 Å². The number of hydrogen-bond acceptors (Lipinski definition) is 3. The number of nitrogens with two attached hydrogens (primary N) is 1. The summed E-state index contributed by atoms with van der Waals surface area (Å²) in [4.78, 5) is 12.6. The second-order valence-corrected chi connectivity index (χ2v) is 6.66. The smallest absolute Gasteiger partial charge is 0.254 e. The number of ether oxygens (including phenoxy) is 1. The van der Waals surface area contributed by atoms with Gasteiger partial charge in [0.05, 0.1) is 0 Å². The molecular formula is C19H22BrClFN3O2. The molecule has 0 aliphatic carbocycles. The first-order valence-electron chi connectivity index (χ1n) is 8.20. The highest BCUT2D eigenvalue weighted by Crippen LogP contribution is 2.24. The van der Waals surface area contributed by atoms with E-state index in [9.17, 15) is 9.18 Å². The van der Waals surface area contributed by atoms with Crippen LogP contribution in [0.2, 0.25) is 0 Å². The lowest BCUT2D eigenvalue weighted by Crippen LogP contribution is -2.31. The Morgan fingerprint density at radius 1 is 1.30 bits per heavy atom. The molecule has 146 valence electrons. The van der Waals surface area contributed by atoms with Gasteiger partial charge in [0.1, 0.15) is 11.7 Å². The Hall–Kier alpha value is -1.96. The van der Waals surface area contributed by atoms with E-state index in [1.54, 1.807) is 36.4 Å². The largest absolute Gasteiger partial charge is 0.384 e. The number of carbonyl (C=O) groups is 1. The summed E-state index contributed by atoms with van der Waals surface area (Å²) in [5, 5.41) is 10.1. The summed E-state index contributed by atoms with van der Waals surface area (Å²) >= 11 is 3.21. The normalized spacial score (nSPS) is 11.4. The van der Waals surface area contributed by atoms with E-state index >= 15 is 0 Å². The molecule has 0 bridgehead atoms. The minimum atomic E-state index is -1.01. The molecule has 8 heteroatoms. The number of halogens is 3. The molecule has 1 amide bonds.